The average molecular weight is 296 g/mol. The van der Waals surface area contributed by atoms with Crippen molar-refractivity contribution >= 4 is 5.97 Å². The molecule has 0 rings (SSSR count). The Labute approximate surface area is 130 Å². The molecule has 0 heterocycles. The van der Waals surface area contributed by atoms with Crippen molar-refractivity contribution in [2.24, 2.45) is 0 Å². The number of rotatable bonds is 13. The van der Waals surface area contributed by atoms with Gasteiger partial charge >= 0.3 is 5.97 Å². The van der Waals surface area contributed by atoms with E-state index in [-0.39, 0.29) is 0 Å². The lowest BCUT2D eigenvalue weighted by molar-refractivity contribution is -0.164. The Hall–Kier alpha value is -1.09. The molecule has 0 aromatic heterocycles. The molecule has 0 aromatic rings. The fourth-order valence-corrected chi connectivity index (χ4v) is 2.01. The van der Waals surface area contributed by atoms with E-state index in [9.17, 15) is 9.90 Å². The second kappa shape index (κ2) is 15.3. The van der Waals surface area contributed by atoms with Crippen molar-refractivity contribution < 1.29 is 14.6 Å². The summed E-state index contributed by atoms with van der Waals surface area (Å²) in [6, 6.07) is 0. The minimum atomic E-state index is -1.00. The van der Waals surface area contributed by atoms with Gasteiger partial charge in [-0.15, -0.1) is 0 Å². The molecule has 0 bridgehead atoms. The molecule has 0 saturated carbocycles. The Morgan fingerprint density at radius 3 is 2.00 bits per heavy atom. The van der Waals surface area contributed by atoms with E-state index in [0.29, 0.717) is 6.42 Å². The van der Waals surface area contributed by atoms with Gasteiger partial charge in [0.25, 0.3) is 0 Å². The van der Waals surface area contributed by atoms with Crippen molar-refractivity contribution in [1.82, 2.24) is 0 Å². The quantitative estimate of drug-likeness (QED) is 0.227. The topological polar surface area (TPSA) is 46.5 Å². The van der Waals surface area contributed by atoms with Crippen molar-refractivity contribution in [3.8, 4) is 0 Å². The van der Waals surface area contributed by atoms with Crippen LogP contribution in [0.25, 0.3) is 0 Å². The van der Waals surface area contributed by atoms with Gasteiger partial charge in [-0.05, 0) is 32.1 Å². The van der Waals surface area contributed by atoms with Gasteiger partial charge in [0.1, 0.15) is 0 Å². The molecule has 0 radical (unpaired) electrons. The highest BCUT2D eigenvalue weighted by atomic mass is 16.6. The molecule has 0 amide bonds. The Morgan fingerprint density at radius 1 is 0.952 bits per heavy atom. The predicted octanol–water partition coefficient (Wildman–Crippen LogP) is 4.90. The van der Waals surface area contributed by atoms with Gasteiger partial charge in [0.15, 0.2) is 0 Å². The lowest BCUT2D eigenvalue weighted by atomic mass is 10.1. The Bertz CT molecular complexity index is 295. The fraction of sp³-hybridized carbons (Fsp3) is 0.722. The molecular formula is C18H32O3. The number of ether oxygens (including phenoxy) is 1. The Morgan fingerprint density at radius 2 is 1.48 bits per heavy atom. The third kappa shape index (κ3) is 16.9. The van der Waals surface area contributed by atoms with Crippen molar-refractivity contribution in [2.45, 2.75) is 84.3 Å². The van der Waals surface area contributed by atoms with Gasteiger partial charge in [0, 0.05) is 13.3 Å². The minimum Gasteiger partial charge on any atom is -0.436 e. The number of aliphatic hydroxyl groups is 1. The maximum absolute atomic E-state index is 10.6. The lowest BCUT2D eigenvalue weighted by Crippen LogP contribution is -2.13. The third-order valence-corrected chi connectivity index (χ3v) is 3.19. The van der Waals surface area contributed by atoms with Crippen molar-refractivity contribution in [3.63, 3.8) is 0 Å². The Balaban J connectivity index is 3.28. The van der Waals surface area contributed by atoms with Crippen LogP contribution < -0.4 is 0 Å². The first kappa shape index (κ1) is 19.9. The highest BCUT2D eigenvalue weighted by Crippen LogP contribution is 2.07. The normalized spacial score (nSPS) is 13.1. The van der Waals surface area contributed by atoms with Gasteiger partial charge in [0.05, 0.1) is 0 Å². The maximum atomic E-state index is 10.6. The number of allylic oxidation sites excluding steroid dienone is 3. The van der Waals surface area contributed by atoms with Crippen LogP contribution in [0.4, 0.5) is 0 Å². The number of hydrogen-bond acceptors (Lipinski definition) is 3. The summed E-state index contributed by atoms with van der Waals surface area (Å²) in [7, 11) is 0. The molecule has 0 saturated heterocycles. The first-order valence-electron chi connectivity index (χ1n) is 8.32. The Kier molecular flexibility index (Phi) is 14.5. The molecule has 1 atom stereocenters. The SMILES string of the molecule is CCCC/C=C/CCCCCC/C=C/CC(O)OC(C)=O. The third-order valence-electron chi connectivity index (χ3n) is 3.19. The van der Waals surface area contributed by atoms with Gasteiger partial charge in [-0.2, -0.15) is 0 Å². The van der Waals surface area contributed by atoms with E-state index in [0.717, 1.165) is 6.42 Å². The van der Waals surface area contributed by atoms with E-state index < -0.39 is 12.3 Å². The molecule has 0 aromatic carbocycles. The summed E-state index contributed by atoms with van der Waals surface area (Å²) in [5.74, 6) is -0.445. The molecule has 122 valence electrons. The van der Waals surface area contributed by atoms with Gasteiger partial charge in [-0.1, -0.05) is 56.9 Å². The highest BCUT2D eigenvalue weighted by Gasteiger charge is 2.03. The van der Waals surface area contributed by atoms with Gasteiger partial charge < -0.3 is 9.84 Å². The predicted molar refractivity (Wildman–Crippen MR) is 87.9 cm³/mol. The number of carbonyl (C=O) groups is 1. The highest BCUT2D eigenvalue weighted by molar-refractivity contribution is 5.66. The number of carbonyl (C=O) groups excluding carboxylic acids is 1. The smallest absolute Gasteiger partial charge is 0.304 e. The summed E-state index contributed by atoms with van der Waals surface area (Å²) in [5, 5.41) is 9.30. The molecular weight excluding hydrogens is 264 g/mol. The van der Waals surface area contributed by atoms with E-state index in [1.807, 2.05) is 6.08 Å². The summed E-state index contributed by atoms with van der Waals surface area (Å²) >= 11 is 0. The summed E-state index contributed by atoms with van der Waals surface area (Å²) in [6.07, 6.45) is 18.9. The fourth-order valence-electron chi connectivity index (χ4n) is 2.01. The zero-order valence-corrected chi connectivity index (χ0v) is 13.7. The number of esters is 1. The lowest BCUT2D eigenvalue weighted by Gasteiger charge is -2.06. The molecule has 0 spiro atoms. The zero-order valence-electron chi connectivity index (χ0n) is 13.7. The summed E-state index contributed by atoms with van der Waals surface area (Å²) in [6.45, 7) is 3.52. The molecule has 3 nitrogen and oxygen atoms in total. The monoisotopic (exact) mass is 296 g/mol. The van der Waals surface area contributed by atoms with Crippen molar-refractivity contribution in [1.29, 1.82) is 0 Å². The summed E-state index contributed by atoms with van der Waals surface area (Å²) < 4.78 is 4.62. The molecule has 21 heavy (non-hydrogen) atoms. The van der Waals surface area contributed by atoms with Crippen molar-refractivity contribution in [2.75, 3.05) is 0 Å². The molecule has 0 aliphatic heterocycles. The van der Waals surface area contributed by atoms with E-state index >= 15 is 0 Å². The first-order chi connectivity index (χ1) is 10.2. The van der Waals surface area contributed by atoms with Gasteiger partial charge in [-0.25, -0.2) is 0 Å². The summed E-state index contributed by atoms with van der Waals surface area (Å²) in [5.41, 5.74) is 0. The number of aliphatic hydroxyl groups excluding tert-OH is 1. The van der Waals surface area contributed by atoms with E-state index in [1.165, 1.54) is 58.3 Å². The number of hydrogen-bond donors (Lipinski definition) is 1. The van der Waals surface area contributed by atoms with Crippen molar-refractivity contribution in [3.05, 3.63) is 24.3 Å². The van der Waals surface area contributed by atoms with E-state index in [1.54, 1.807) is 0 Å². The molecule has 3 heteroatoms. The van der Waals surface area contributed by atoms with Crippen LogP contribution in [0.2, 0.25) is 0 Å². The molecule has 0 fully saturated rings. The molecule has 1 unspecified atom stereocenters. The molecule has 0 aliphatic carbocycles. The standard InChI is InChI=1S/C18H32O3/c1-3-4-5-6-7-8-9-10-11-12-13-14-15-16-18(20)21-17(2)19/h6-7,14-15,18,20H,3-5,8-13,16H2,1-2H3/b7-6+,15-14+. The van der Waals surface area contributed by atoms with Crippen LogP contribution >= 0.6 is 0 Å². The van der Waals surface area contributed by atoms with E-state index in [2.05, 4.69) is 29.9 Å². The molecule has 0 aliphatic rings. The largest absolute Gasteiger partial charge is 0.436 e. The summed E-state index contributed by atoms with van der Waals surface area (Å²) in [4.78, 5) is 10.6. The number of unbranched alkanes of at least 4 members (excludes halogenated alkanes) is 7. The zero-order chi connectivity index (χ0) is 15.8. The van der Waals surface area contributed by atoms with Crippen LogP contribution in [0.5, 0.6) is 0 Å². The van der Waals surface area contributed by atoms with Crippen LogP contribution in [0.15, 0.2) is 24.3 Å². The second-order valence-corrected chi connectivity index (χ2v) is 5.38. The first-order valence-corrected chi connectivity index (χ1v) is 8.32. The molecule has 1 N–H and O–H groups in total. The van der Waals surface area contributed by atoms with Crippen LogP contribution in [0, 0.1) is 0 Å². The van der Waals surface area contributed by atoms with Gasteiger partial charge in [0.2, 0.25) is 6.29 Å². The van der Waals surface area contributed by atoms with Gasteiger partial charge in [-0.3, -0.25) is 4.79 Å². The minimum absolute atomic E-state index is 0.377. The van der Waals surface area contributed by atoms with Crippen LogP contribution in [-0.4, -0.2) is 17.4 Å². The second-order valence-electron chi connectivity index (χ2n) is 5.38. The van der Waals surface area contributed by atoms with Crippen LogP contribution in [-0.2, 0) is 9.53 Å². The average Bonchev–Trinajstić information content (AvgIpc) is 2.43. The van der Waals surface area contributed by atoms with E-state index in [4.69, 9.17) is 0 Å². The van der Waals surface area contributed by atoms with Crippen LogP contribution in [0.1, 0.15) is 78.1 Å². The maximum Gasteiger partial charge on any atom is 0.304 e. The van der Waals surface area contributed by atoms with Crippen LogP contribution in [0.3, 0.4) is 0 Å².